The summed E-state index contributed by atoms with van der Waals surface area (Å²) in [5.74, 6) is 0.639. The molecule has 0 atom stereocenters. The van der Waals surface area contributed by atoms with E-state index in [1.165, 1.54) is 24.3 Å². The number of methoxy groups -OCH3 is 1. The highest BCUT2D eigenvalue weighted by molar-refractivity contribution is 7.92. The molecule has 0 bridgehead atoms. The molecule has 3 aromatic carbocycles. The second-order valence-corrected chi connectivity index (χ2v) is 9.96. The van der Waals surface area contributed by atoms with Gasteiger partial charge in [-0.25, -0.2) is 13.2 Å². The minimum Gasteiger partial charge on any atom is -0.491 e. The van der Waals surface area contributed by atoms with E-state index in [2.05, 4.69) is 15.4 Å². The molecule has 3 rings (SSSR count). The zero-order valence-electron chi connectivity index (χ0n) is 22.3. The number of rotatable bonds is 18. The van der Waals surface area contributed by atoms with Gasteiger partial charge in [-0.15, -0.1) is 0 Å². The highest BCUT2D eigenvalue weighted by atomic mass is 32.2. The summed E-state index contributed by atoms with van der Waals surface area (Å²) in [5.41, 5.74) is 1.47. The number of urea groups is 1. The highest BCUT2D eigenvalue weighted by Crippen LogP contribution is 2.19. The van der Waals surface area contributed by atoms with Crippen molar-refractivity contribution in [2.75, 3.05) is 75.3 Å². The van der Waals surface area contributed by atoms with Crippen LogP contribution >= 0.6 is 0 Å². The van der Waals surface area contributed by atoms with Crippen LogP contribution in [0.25, 0.3) is 0 Å². The third-order valence-electron chi connectivity index (χ3n) is 5.23. The van der Waals surface area contributed by atoms with E-state index in [1.807, 2.05) is 0 Å². The Morgan fingerprint density at radius 1 is 0.625 bits per heavy atom. The van der Waals surface area contributed by atoms with Crippen molar-refractivity contribution in [1.29, 1.82) is 0 Å². The van der Waals surface area contributed by atoms with Crippen LogP contribution in [0.2, 0.25) is 0 Å². The Morgan fingerprint density at radius 3 is 1.68 bits per heavy atom. The van der Waals surface area contributed by atoms with Gasteiger partial charge in [0.2, 0.25) is 0 Å². The van der Waals surface area contributed by atoms with Gasteiger partial charge in [-0.2, -0.15) is 0 Å². The van der Waals surface area contributed by atoms with E-state index in [1.54, 1.807) is 61.7 Å². The Balaban J connectivity index is 1.31. The Morgan fingerprint density at radius 2 is 1.12 bits per heavy atom. The molecule has 2 amide bonds. The van der Waals surface area contributed by atoms with Gasteiger partial charge in [0.25, 0.3) is 10.0 Å². The van der Waals surface area contributed by atoms with E-state index in [-0.39, 0.29) is 4.90 Å². The number of sulfonamides is 1. The smallest absolute Gasteiger partial charge is 0.323 e. The first-order valence-corrected chi connectivity index (χ1v) is 14.2. The van der Waals surface area contributed by atoms with Crippen LogP contribution in [0, 0.1) is 0 Å². The van der Waals surface area contributed by atoms with Crippen LogP contribution in [-0.4, -0.2) is 74.4 Å². The Bertz CT molecular complexity index is 1240. The summed E-state index contributed by atoms with van der Waals surface area (Å²) in [4.78, 5) is 12.4. The molecule has 0 aliphatic rings. The van der Waals surface area contributed by atoms with Gasteiger partial charge in [0.05, 0.1) is 51.1 Å². The van der Waals surface area contributed by atoms with E-state index >= 15 is 0 Å². The van der Waals surface area contributed by atoms with Gasteiger partial charge < -0.3 is 34.3 Å². The number of para-hydroxylation sites is 1. The maximum atomic E-state index is 12.5. The lowest BCUT2D eigenvalue weighted by Gasteiger charge is -2.11. The predicted octanol–water partition coefficient (Wildman–Crippen LogP) is 4.21. The fourth-order valence-electron chi connectivity index (χ4n) is 3.27. The average molecular weight is 574 g/mol. The summed E-state index contributed by atoms with van der Waals surface area (Å²) in [6.07, 6.45) is 0. The summed E-state index contributed by atoms with van der Waals surface area (Å²) < 4.78 is 54.3. The van der Waals surface area contributed by atoms with Crippen LogP contribution in [-0.2, 0) is 29.0 Å². The molecule has 12 heteroatoms. The van der Waals surface area contributed by atoms with E-state index in [9.17, 15) is 13.2 Å². The van der Waals surface area contributed by atoms with Gasteiger partial charge in [0, 0.05) is 24.2 Å². The molecule has 0 fully saturated rings. The first-order valence-electron chi connectivity index (χ1n) is 12.7. The van der Waals surface area contributed by atoms with Crippen molar-refractivity contribution in [1.82, 2.24) is 0 Å². The molecule has 0 saturated heterocycles. The minimum absolute atomic E-state index is 0.0798. The van der Waals surface area contributed by atoms with Crippen molar-refractivity contribution in [3.63, 3.8) is 0 Å². The summed E-state index contributed by atoms with van der Waals surface area (Å²) in [6, 6.07) is 20.9. The zero-order valence-corrected chi connectivity index (χ0v) is 23.2. The maximum Gasteiger partial charge on any atom is 0.323 e. The molecule has 0 aliphatic heterocycles. The number of benzene rings is 3. The van der Waals surface area contributed by atoms with Crippen LogP contribution < -0.4 is 20.1 Å². The SMILES string of the molecule is COCCOCCOCCOCCOc1ccc(NC(=O)Nc2ccc(S(=O)(=O)Nc3ccccc3)cc2)cc1. The summed E-state index contributed by atoms with van der Waals surface area (Å²) >= 11 is 0. The Hall–Kier alpha value is -3.68. The summed E-state index contributed by atoms with van der Waals surface area (Å²) in [5, 5.41) is 5.40. The second-order valence-electron chi connectivity index (χ2n) is 8.28. The van der Waals surface area contributed by atoms with Crippen LogP contribution in [0.15, 0.2) is 83.8 Å². The number of hydrogen-bond acceptors (Lipinski definition) is 8. The normalized spacial score (nSPS) is 11.1. The molecule has 0 aromatic heterocycles. The predicted molar refractivity (Wildman–Crippen MR) is 153 cm³/mol. The second kappa shape index (κ2) is 17.1. The van der Waals surface area contributed by atoms with E-state index in [4.69, 9.17) is 23.7 Å². The van der Waals surface area contributed by atoms with E-state index in [0.717, 1.165) is 0 Å². The van der Waals surface area contributed by atoms with Crippen molar-refractivity contribution in [2.45, 2.75) is 4.90 Å². The summed E-state index contributed by atoms with van der Waals surface area (Å²) in [6.45, 7) is 3.87. The summed E-state index contributed by atoms with van der Waals surface area (Å²) in [7, 11) is -2.11. The van der Waals surface area contributed by atoms with Gasteiger partial charge >= 0.3 is 6.03 Å². The third kappa shape index (κ3) is 11.6. The number of carbonyl (C=O) groups excluding carboxylic acids is 1. The maximum absolute atomic E-state index is 12.5. The number of ether oxygens (including phenoxy) is 5. The first-order chi connectivity index (χ1) is 19.5. The molecule has 0 unspecified atom stereocenters. The number of hydrogen-bond donors (Lipinski definition) is 3. The Kier molecular flexibility index (Phi) is 13.2. The number of nitrogens with one attached hydrogen (secondary N) is 3. The van der Waals surface area contributed by atoms with E-state index in [0.29, 0.717) is 75.7 Å². The number of carbonyl (C=O) groups is 1. The number of amides is 2. The highest BCUT2D eigenvalue weighted by Gasteiger charge is 2.14. The zero-order chi connectivity index (χ0) is 28.5. The van der Waals surface area contributed by atoms with Crippen LogP contribution in [0.4, 0.5) is 21.9 Å². The van der Waals surface area contributed by atoms with Crippen molar-refractivity contribution in [2.24, 2.45) is 0 Å². The monoisotopic (exact) mass is 573 g/mol. The van der Waals surface area contributed by atoms with Gasteiger partial charge in [-0.05, 0) is 60.7 Å². The molecule has 40 heavy (non-hydrogen) atoms. The van der Waals surface area contributed by atoms with Crippen LogP contribution in [0.1, 0.15) is 0 Å². The van der Waals surface area contributed by atoms with Crippen molar-refractivity contribution < 1.29 is 36.9 Å². The van der Waals surface area contributed by atoms with Gasteiger partial charge in [0.1, 0.15) is 12.4 Å². The standard InChI is InChI=1S/C28H35N3O8S/c1-35-15-16-36-17-18-37-19-20-38-21-22-39-26-11-7-23(8-12-26)29-28(32)30-24-9-13-27(14-10-24)40(33,34)31-25-5-3-2-4-6-25/h2-14,31H,15-22H2,1H3,(H2,29,30,32). The third-order valence-corrected chi connectivity index (χ3v) is 6.63. The fraction of sp³-hybridized carbons (Fsp3) is 0.321. The Labute approximate surface area is 234 Å². The molecular weight excluding hydrogens is 538 g/mol. The van der Waals surface area contributed by atoms with Crippen molar-refractivity contribution >= 4 is 33.1 Å². The molecule has 11 nitrogen and oxygen atoms in total. The average Bonchev–Trinajstić information content (AvgIpc) is 2.95. The molecule has 0 aliphatic carbocycles. The lowest BCUT2D eigenvalue weighted by Crippen LogP contribution is -2.19. The molecule has 3 N–H and O–H groups in total. The van der Waals surface area contributed by atoms with Crippen LogP contribution in [0.3, 0.4) is 0 Å². The van der Waals surface area contributed by atoms with Gasteiger partial charge in [0.15, 0.2) is 0 Å². The lowest BCUT2D eigenvalue weighted by atomic mass is 10.3. The van der Waals surface area contributed by atoms with E-state index < -0.39 is 16.1 Å². The molecule has 3 aromatic rings. The molecule has 0 radical (unpaired) electrons. The largest absolute Gasteiger partial charge is 0.491 e. The van der Waals surface area contributed by atoms with Gasteiger partial charge in [-0.1, -0.05) is 18.2 Å². The topological polar surface area (TPSA) is 133 Å². The minimum atomic E-state index is -3.74. The van der Waals surface area contributed by atoms with Gasteiger partial charge in [-0.3, -0.25) is 4.72 Å². The fourth-order valence-corrected chi connectivity index (χ4v) is 4.33. The first kappa shape index (κ1) is 30.9. The quantitative estimate of drug-likeness (QED) is 0.193. The molecular formula is C28H35N3O8S. The van der Waals surface area contributed by atoms with Crippen LogP contribution in [0.5, 0.6) is 5.75 Å². The molecule has 0 spiro atoms. The van der Waals surface area contributed by atoms with Crippen molar-refractivity contribution in [3.05, 3.63) is 78.9 Å². The number of anilines is 3. The molecule has 0 heterocycles. The van der Waals surface area contributed by atoms with Crippen molar-refractivity contribution in [3.8, 4) is 5.75 Å². The molecule has 216 valence electrons. The lowest BCUT2D eigenvalue weighted by molar-refractivity contribution is 0.000164. The molecule has 0 saturated carbocycles.